The number of amides is 2. The van der Waals surface area contributed by atoms with Crippen molar-refractivity contribution in [1.82, 2.24) is 10.2 Å². The van der Waals surface area contributed by atoms with E-state index in [1.54, 1.807) is 11.2 Å². The first kappa shape index (κ1) is 17.3. The lowest BCUT2D eigenvalue weighted by Gasteiger charge is -2.57. The van der Waals surface area contributed by atoms with Crippen LogP contribution in [0.1, 0.15) is 57.1 Å². The molecule has 4 aliphatic carbocycles. The van der Waals surface area contributed by atoms with E-state index in [9.17, 15) is 9.59 Å². The van der Waals surface area contributed by atoms with Crippen LogP contribution in [0.2, 0.25) is 0 Å². The van der Waals surface area contributed by atoms with Gasteiger partial charge in [-0.3, -0.25) is 9.59 Å². The first-order chi connectivity index (χ1) is 13.1. The maximum atomic E-state index is 12.6. The van der Waals surface area contributed by atoms with Crippen LogP contribution < -0.4 is 5.32 Å². The molecule has 1 N–H and O–H groups in total. The maximum absolute atomic E-state index is 12.6. The molecule has 4 bridgehead atoms. The van der Waals surface area contributed by atoms with Crippen LogP contribution in [-0.4, -0.2) is 29.8 Å². The fourth-order valence-electron chi connectivity index (χ4n) is 6.88. The number of carbonyl (C=O) groups is 2. The largest absolute Gasteiger partial charge is 0.467 e. The Balaban J connectivity index is 1.11. The van der Waals surface area contributed by atoms with Gasteiger partial charge in [0.2, 0.25) is 11.8 Å². The second-order valence-electron chi connectivity index (χ2n) is 9.71. The van der Waals surface area contributed by atoms with E-state index < -0.39 is 0 Å². The van der Waals surface area contributed by atoms with Crippen LogP contribution in [-0.2, 0) is 16.1 Å². The molecule has 4 saturated carbocycles. The normalized spacial score (nSPS) is 37.2. The van der Waals surface area contributed by atoms with Gasteiger partial charge in [0.1, 0.15) is 5.76 Å². The summed E-state index contributed by atoms with van der Waals surface area (Å²) in [5.74, 6) is 3.51. The highest BCUT2D eigenvalue weighted by Gasteiger charge is 2.50. The molecule has 5 nitrogen and oxygen atoms in total. The van der Waals surface area contributed by atoms with Gasteiger partial charge in [-0.25, -0.2) is 0 Å². The third-order valence-electron chi connectivity index (χ3n) is 7.63. The van der Waals surface area contributed by atoms with E-state index >= 15 is 0 Å². The molecule has 1 aromatic heterocycles. The Morgan fingerprint density at radius 2 is 1.89 bits per heavy atom. The summed E-state index contributed by atoms with van der Waals surface area (Å²) in [6.45, 7) is 1.74. The van der Waals surface area contributed by atoms with E-state index in [4.69, 9.17) is 4.42 Å². The van der Waals surface area contributed by atoms with E-state index in [1.807, 2.05) is 12.1 Å². The first-order valence-electron chi connectivity index (χ1n) is 10.7. The fourth-order valence-corrected chi connectivity index (χ4v) is 6.88. The molecule has 2 amide bonds. The van der Waals surface area contributed by atoms with Gasteiger partial charge in [-0.2, -0.15) is 0 Å². The number of nitrogens with one attached hydrogen (secondary N) is 1. The molecule has 0 radical (unpaired) electrons. The Morgan fingerprint density at radius 1 is 1.19 bits per heavy atom. The zero-order chi connectivity index (χ0) is 18.4. The van der Waals surface area contributed by atoms with Gasteiger partial charge < -0.3 is 14.6 Å². The van der Waals surface area contributed by atoms with Crippen LogP contribution in [0, 0.1) is 29.1 Å². The molecule has 6 rings (SSSR count). The number of hydrogen-bond donors (Lipinski definition) is 1. The molecule has 1 aromatic rings. The van der Waals surface area contributed by atoms with E-state index in [-0.39, 0.29) is 17.7 Å². The van der Waals surface area contributed by atoms with Gasteiger partial charge in [-0.1, -0.05) is 0 Å². The highest BCUT2D eigenvalue weighted by Crippen LogP contribution is 2.61. The quantitative estimate of drug-likeness (QED) is 0.835. The van der Waals surface area contributed by atoms with Gasteiger partial charge in [0, 0.05) is 19.5 Å². The summed E-state index contributed by atoms with van der Waals surface area (Å²) in [6, 6.07) is 3.69. The van der Waals surface area contributed by atoms with Crippen molar-refractivity contribution in [2.24, 2.45) is 29.1 Å². The summed E-state index contributed by atoms with van der Waals surface area (Å²) < 4.78 is 5.33. The molecular weight excluding hydrogens is 340 g/mol. The van der Waals surface area contributed by atoms with Crippen LogP contribution in [0.3, 0.4) is 0 Å². The van der Waals surface area contributed by atoms with Crippen LogP contribution in [0.25, 0.3) is 0 Å². The molecule has 1 saturated heterocycles. The molecule has 5 fully saturated rings. The third-order valence-corrected chi connectivity index (χ3v) is 7.63. The molecule has 5 aliphatic rings. The summed E-state index contributed by atoms with van der Waals surface area (Å²) in [7, 11) is 0. The Hall–Kier alpha value is -1.78. The minimum absolute atomic E-state index is 0.0487. The highest BCUT2D eigenvalue weighted by atomic mass is 16.3. The van der Waals surface area contributed by atoms with Crippen LogP contribution in [0.4, 0.5) is 0 Å². The van der Waals surface area contributed by atoms with Crippen LogP contribution in [0.5, 0.6) is 0 Å². The molecule has 1 atom stereocenters. The predicted molar refractivity (Wildman–Crippen MR) is 100 cm³/mol. The van der Waals surface area contributed by atoms with Gasteiger partial charge in [0.05, 0.1) is 18.7 Å². The van der Waals surface area contributed by atoms with E-state index in [0.29, 0.717) is 24.9 Å². The maximum Gasteiger partial charge on any atom is 0.225 e. The second-order valence-corrected chi connectivity index (χ2v) is 9.71. The van der Waals surface area contributed by atoms with Crippen molar-refractivity contribution >= 4 is 11.8 Å². The summed E-state index contributed by atoms with van der Waals surface area (Å²) in [4.78, 5) is 26.6. The molecular formula is C22H30N2O3. The second kappa shape index (κ2) is 6.68. The van der Waals surface area contributed by atoms with Crippen LogP contribution >= 0.6 is 0 Å². The average Bonchev–Trinajstić information content (AvgIpc) is 3.24. The van der Waals surface area contributed by atoms with Crippen molar-refractivity contribution in [1.29, 1.82) is 0 Å². The topological polar surface area (TPSA) is 62.6 Å². The lowest BCUT2D eigenvalue weighted by Crippen LogP contribution is -2.47. The van der Waals surface area contributed by atoms with Gasteiger partial charge in [0.25, 0.3) is 0 Å². The molecule has 0 aromatic carbocycles. The Bertz CT molecular complexity index is 676. The van der Waals surface area contributed by atoms with Crippen LogP contribution in [0.15, 0.2) is 22.8 Å². The summed E-state index contributed by atoms with van der Waals surface area (Å²) in [5, 5.41) is 3.16. The molecule has 5 heteroatoms. The van der Waals surface area contributed by atoms with Crippen molar-refractivity contribution in [2.75, 3.05) is 13.1 Å². The molecule has 1 unspecified atom stereocenters. The molecule has 146 valence electrons. The number of hydrogen-bond acceptors (Lipinski definition) is 3. The van der Waals surface area contributed by atoms with Crippen molar-refractivity contribution in [3.05, 3.63) is 24.2 Å². The third kappa shape index (κ3) is 3.41. The number of carbonyl (C=O) groups excluding carboxylic acids is 2. The lowest BCUT2D eigenvalue weighted by atomic mass is 9.49. The number of furan rings is 1. The lowest BCUT2D eigenvalue weighted by molar-refractivity contribution is -0.129. The summed E-state index contributed by atoms with van der Waals surface area (Å²) >= 11 is 0. The van der Waals surface area contributed by atoms with Gasteiger partial charge in [-0.05, 0) is 80.2 Å². The Morgan fingerprint density at radius 3 is 2.52 bits per heavy atom. The van der Waals surface area contributed by atoms with E-state index in [0.717, 1.165) is 36.5 Å². The SMILES string of the molecule is O=C(NCCC12CC3CC(CC(C3)C1)C2)C1CC(=O)N(Cc2ccco2)C1. The Labute approximate surface area is 160 Å². The number of nitrogens with zero attached hydrogens (tertiary/aromatic N) is 1. The minimum atomic E-state index is -0.219. The van der Waals surface area contributed by atoms with Crippen molar-refractivity contribution < 1.29 is 14.0 Å². The van der Waals surface area contributed by atoms with Gasteiger partial charge >= 0.3 is 0 Å². The Kier molecular flexibility index (Phi) is 4.29. The van der Waals surface area contributed by atoms with E-state index in [1.165, 1.54) is 38.5 Å². The van der Waals surface area contributed by atoms with Crippen molar-refractivity contribution in [3.63, 3.8) is 0 Å². The first-order valence-corrected chi connectivity index (χ1v) is 10.7. The zero-order valence-corrected chi connectivity index (χ0v) is 16.0. The smallest absolute Gasteiger partial charge is 0.225 e. The molecule has 2 heterocycles. The number of likely N-dealkylation sites (tertiary alicyclic amines) is 1. The van der Waals surface area contributed by atoms with E-state index in [2.05, 4.69) is 5.32 Å². The average molecular weight is 370 g/mol. The molecule has 0 spiro atoms. The molecule has 1 aliphatic heterocycles. The molecule has 27 heavy (non-hydrogen) atoms. The monoisotopic (exact) mass is 370 g/mol. The summed E-state index contributed by atoms with van der Waals surface area (Å²) in [5.41, 5.74) is 0.499. The van der Waals surface area contributed by atoms with Crippen molar-refractivity contribution in [2.45, 2.75) is 57.9 Å². The fraction of sp³-hybridized carbons (Fsp3) is 0.727. The zero-order valence-electron chi connectivity index (χ0n) is 16.0. The predicted octanol–water partition coefficient (Wildman–Crippen LogP) is 3.35. The van der Waals surface area contributed by atoms with Gasteiger partial charge in [-0.15, -0.1) is 0 Å². The van der Waals surface area contributed by atoms with Gasteiger partial charge in [0.15, 0.2) is 0 Å². The highest BCUT2D eigenvalue weighted by molar-refractivity contribution is 5.89. The van der Waals surface area contributed by atoms with Crippen molar-refractivity contribution in [3.8, 4) is 0 Å². The standard InChI is InChI=1S/C22H30N2O3/c25-20-9-18(13-24(20)14-19-2-1-5-27-19)21(26)23-4-3-22-10-15-6-16(11-22)8-17(7-15)12-22/h1-2,5,15-18H,3-4,6-14H2,(H,23,26). The minimum Gasteiger partial charge on any atom is -0.467 e. The number of rotatable bonds is 6. The summed E-state index contributed by atoms with van der Waals surface area (Å²) in [6.07, 6.45) is 11.6.